The summed E-state index contributed by atoms with van der Waals surface area (Å²) in [5.74, 6) is 1.08. The number of hydrogen-bond acceptors (Lipinski definition) is 6. The Morgan fingerprint density at radius 1 is 1.56 bits per heavy atom. The monoisotopic (exact) mass is 249 g/mol. The van der Waals surface area contributed by atoms with Gasteiger partial charge in [-0.25, -0.2) is 4.98 Å². The van der Waals surface area contributed by atoms with E-state index in [9.17, 15) is 4.79 Å². The predicted octanol–water partition coefficient (Wildman–Crippen LogP) is 0.798. The zero-order valence-corrected chi connectivity index (χ0v) is 10.4. The van der Waals surface area contributed by atoms with Gasteiger partial charge in [0.1, 0.15) is 12.1 Å². The summed E-state index contributed by atoms with van der Waals surface area (Å²) in [7, 11) is 0. The van der Waals surface area contributed by atoms with Crippen LogP contribution in [-0.2, 0) is 9.53 Å². The van der Waals surface area contributed by atoms with Crippen LogP contribution < -0.4 is 5.32 Å². The largest absolute Gasteiger partial charge is 0.466 e. The van der Waals surface area contributed by atoms with Gasteiger partial charge < -0.3 is 10.1 Å². The third kappa shape index (κ3) is 2.73. The van der Waals surface area contributed by atoms with Gasteiger partial charge in [-0.1, -0.05) is 0 Å². The number of aryl methyl sites for hydroxylation is 1. The van der Waals surface area contributed by atoms with E-state index in [2.05, 4.69) is 20.4 Å². The van der Waals surface area contributed by atoms with Crippen molar-refractivity contribution in [2.24, 2.45) is 0 Å². The molecule has 0 bridgehead atoms. The van der Waals surface area contributed by atoms with Crippen molar-refractivity contribution in [3.63, 3.8) is 0 Å². The molecule has 2 heterocycles. The molecule has 0 radical (unpaired) electrons. The van der Waals surface area contributed by atoms with Crippen LogP contribution in [-0.4, -0.2) is 38.7 Å². The van der Waals surface area contributed by atoms with Crippen molar-refractivity contribution in [3.05, 3.63) is 18.1 Å². The highest BCUT2D eigenvalue weighted by molar-refractivity contribution is 5.70. The molecule has 0 fully saturated rings. The zero-order valence-electron chi connectivity index (χ0n) is 10.4. The molecule has 0 unspecified atom stereocenters. The highest BCUT2D eigenvalue weighted by Gasteiger charge is 2.06. The van der Waals surface area contributed by atoms with Crippen molar-refractivity contribution in [1.82, 2.24) is 19.6 Å². The Labute approximate surface area is 104 Å². The smallest absolute Gasteiger partial charge is 0.307 e. The summed E-state index contributed by atoms with van der Waals surface area (Å²) in [5.41, 5.74) is 0.842. The molecular formula is C11H15N5O2. The number of anilines is 1. The van der Waals surface area contributed by atoms with Gasteiger partial charge in [0.2, 0.25) is 0 Å². The average molecular weight is 249 g/mol. The van der Waals surface area contributed by atoms with E-state index in [0.29, 0.717) is 25.4 Å². The highest BCUT2D eigenvalue weighted by atomic mass is 16.5. The number of nitrogens with zero attached hydrogens (tertiary/aromatic N) is 4. The lowest BCUT2D eigenvalue weighted by atomic mass is 10.4. The van der Waals surface area contributed by atoms with Crippen molar-refractivity contribution in [2.45, 2.75) is 20.3 Å². The molecule has 0 aliphatic rings. The Morgan fingerprint density at radius 3 is 3.17 bits per heavy atom. The predicted molar refractivity (Wildman–Crippen MR) is 65.3 cm³/mol. The summed E-state index contributed by atoms with van der Waals surface area (Å²) in [6, 6.07) is 1.85. The van der Waals surface area contributed by atoms with E-state index < -0.39 is 0 Å². The summed E-state index contributed by atoms with van der Waals surface area (Å²) in [5, 5.41) is 7.18. The van der Waals surface area contributed by atoms with Crippen LogP contribution in [0.4, 0.5) is 5.82 Å². The number of rotatable bonds is 5. The van der Waals surface area contributed by atoms with Crippen molar-refractivity contribution in [1.29, 1.82) is 0 Å². The van der Waals surface area contributed by atoms with Crippen LogP contribution in [0.2, 0.25) is 0 Å². The molecule has 0 saturated carbocycles. The minimum atomic E-state index is -0.217. The van der Waals surface area contributed by atoms with Crippen molar-refractivity contribution >= 4 is 17.6 Å². The van der Waals surface area contributed by atoms with Gasteiger partial charge >= 0.3 is 5.97 Å². The first-order valence-corrected chi connectivity index (χ1v) is 5.77. The number of hydrogen-bond donors (Lipinski definition) is 1. The van der Waals surface area contributed by atoms with E-state index in [1.165, 1.54) is 6.33 Å². The lowest BCUT2D eigenvalue weighted by Gasteiger charge is -2.08. The standard InChI is InChI=1S/C11H15N5O2/c1-3-18-10(17)4-5-12-9-6-8(2)15-11-13-7-14-16(9)11/h6-7,12H,3-5H2,1-2H3. The Balaban J connectivity index is 2.03. The van der Waals surface area contributed by atoms with Gasteiger partial charge in [0.25, 0.3) is 5.78 Å². The fraction of sp³-hybridized carbons (Fsp3) is 0.455. The Morgan fingerprint density at radius 2 is 2.39 bits per heavy atom. The molecule has 7 nitrogen and oxygen atoms in total. The summed E-state index contributed by atoms with van der Waals surface area (Å²) in [4.78, 5) is 19.5. The maximum Gasteiger partial charge on any atom is 0.307 e. The lowest BCUT2D eigenvalue weighted by molar-refractivity contribution is -0.142. The second-order valence-electron chi connectivity index (χ2n) is 3.74. The first-order chi connectivity index (χ1) is 8.70. The number of carbonyl (C=O) groups excluding carboxylic acids is 1. The zero-order chi connectivity index (χ0) is 13.0. The molecular weight excluding hydrogens is 234 g/mol. The van der Waals surface area contributed by atoms with Crippen LogP contribution in [0.15, 0.2) is 12.4 Å². The molecule has 0 aliphatic carbocycles. The first kappa shape index (κ1) is 12.3. The van der Waals surface area contributed by atoms with Gasteiger partial charge in [-0.3, -0.25) is 4.79 Å². The number of esters is 1. The van der Waals surface area contributed by atoms with Crippen LogP contribution >= 0.6 is 0 Å². The summed E-state index contributed by atoms with van der Waals surface area (Å²) in [6.07, 6.45) is 1.75. The maximum absolute atomic E-state index is 11.2. The fourth-order valence-corrected chi connectivity index (χ4v) is 1.58. The molecule has 0 amide bonds. The number of ether oxygens (including phenoxy) is 1. The molecule has 96 valence electrons. The molecule has 2 aromatic heterocycles. The van der Waals surface area contributed by atoms with Crippen molar-refractivity contribution in [3.8, 4) is 0 Å². The molecule has 0 saturated heterocycles. The molecule has 0 aliphatic heterocycles. The van der Waals surface area contributed by atoms with E-state index in [1.807, 2.05) is 13.0 Å². The summed E-state index contributed by atoms with van der Waals surface area (Å²) < 4.78 is 6.45. The topological polar surface area (TPSA) is 81.4 Å². The second-order valence-corrected chi connectivity index (χ2v) is 3.74. The van der Waals surface area contributed by atoms with Crippen LogP contribution in [0.25, 0.3) is 5.78 Å². The quantitative estimate of drug-likeness (QED) is 0.789. The van der Waals surface area contributed by atoms with Crippen LogP contribution in [0, 0.1) is 6.92 Å². The maximum atomic E-state index is 11.2. The molecule has 7 heteroatoms. The summed E-state index contributed by atoms with van der Waals surface area (Å²) in [6.45, 7) is 4.56. The van der Waals surface area contributed by atoms with Crippen molar-refractivity contribution < 1.29 is 9.53 Å². The second kappa shape index (κ2) is 5.44. The van der Waals surface area contributed by atoms with E-state index in [4.69, 9.17) is 4.74 Å². The van der Waals surface area contributed by atoms with Gasteiger partial charge in [-0.05, 0) is 13.8 Å². The molecule has 0 spiro atoms. The minimum absolute atomic E-state index is 0.217. The third-order valence-electron chi connectivity index (χ3n) is 2.32. The Hall–Kier alpha value is -2.18. The highest BCUT2D eigenvalue weighted by Crippen LogP contribution is 2.09. The van der Waals surface area contributed by atoms with Gasteiger partial charge in [0, 0.05) is 18.3 Å². The molecule has 18 heavy (non-hydrogen) atoms. The lowest BCUT2D eigenvalue weighted by Crippen LogP contribution is -2.13. The molecule has 2 aromatic rings. The normalized spacial score (nSPS) is 10.6. The average Bonchev–Trinajstić information content (AvgIpc) is 2.77. The fourth-order valence-electron chi connectivity index (χ4n) is 1.58. The van der Waals surface area contributed by atoms with Gasteiger partial charge in [0.05, 0.1) is 13.0 Å². The number of fused-ring (bicyclic) bond motifs is 1. The van der Waals surface area contributed by atoms with E-state index in [1.54, 1.807) is 11.4 Å². The minimum Gasteiger partial charge on any atom is -0.466 e. The van der Waals surface area contributed by atoms with Gasteiger partial charge in [0.15, 0.2) is 0 Å². The van der Waals surface area contributed by atoms with E-state index in [-0.39, 0.29) is 5.97 Å². The molecule has 0 aromatic carbocycles. The number of aromatic nitrogens is 4. The molecule has 1 N–H and O–H groups in total. The first-order valence-electron chi connectivity index (χ1n) is 5.77. The van der Waals surface area contributed by atoms with Crippen molar-refractivity contribution in [2.75, 3.05) is 18.5 Å². The van der Waals surface area contributed by atoms with E-state index >= 15 is 0 Å². The van der Waals surface area contributed by atoms with Crippen LogP contribution in [0.3, 0.4) is 0 Å². The van der Waals surface area contributed by atoms with E-state index in [0.717, 1.165) is 11.5 Å². The molecule has 0 atom stereocenters. The third-order valence-corrected chi connectivity index (χ3v) is 2.32. The molecule has 2 rings (SSSR count). The summed E-state index contributed by atoms with van der Waals surface area (Å²) >= 11 is 0. The Bertz CT molecular complexity index is 551. The number of nitrogens with one attached hydrogen (secondary N) is 1. The van der Waals surface area contributed by atoms with Crippen LogP contribution in [0.1, 0.15) is 19.0 Å². The van der Waals surface area contributed by atoms with Gasteiger partial charge in [-0.15, -0.1) is 0 Å². The Kier molecular flexibility index (Phi) is 3.71. The van der Waals surface area contributed by atoms with Gasteiger partial charge in [-0.2, -0.15) is 14.6 Å². The number of carbonyl (C=O) groups is 1. The van der Waals surface area contributed by atoms with Crippen LogP contribution in [0.5, 0.6) is 0 Å². The SMILES string of the molecule is CCOC(=O)CCNc1cc(C)nc2ncnn12.